The van der Waals surface area contributed by atoms with Crippen molar-refractivity contribution in [1.82, 2.24) is 4.90 Å². The van der Waals surface area contributed by atoms with Crippen LogP contribution in [0.5, 0.6) is 0 Å². The van der Waals surface area contributed by atoms with Crippen LogP contribution in [-0.2, 0) is 9.84 Å². The van der Waals surface area contributed by atoms with Gasteiger partial charge >= 0.3 is 5.51 Å². The fourth-order valence-electron chi connectivity index (χ4n) is 3.04. The standard InChI is InChI=1S/C18H19F3N2O2S3/c19-18(20,21)28(24,25)16-7-3-14(4-8-16)13-1-5-15(6-2-13)22-9-11-23(12-10-22)17(26)27/h1-8,17,26-27H,9-12H2. The van der Waals surface area contributed by atoms with E-state index in [1.807, 2.05) is 24.3 Å². The lowest BCUT2D eigenvalue weighted by molar-refractivity contribution is -0.0436. The van der Waals surface area contributed by atoms with Crippen LogP contribution in [0.2, 0.25) is 0 Å². The molecule has 4 nitrogen and oxygen atoms in total. The van der Waals surface area contributed by atoms with Crippen molar-refractivity contribution in [2.45, 2.75) is 15.1 Å². The van der Waals surface area contributed by atoms with Gasteiger partial charge in [-0.1, -0.05) is 24.3 Å². The van der Waals surface area contributed by atoms with Crippen LogP contribution in [-0.4, -0.2) is 49.7 Å². The summed E-state index contributed by atoms with van der Waals surface area (Å²) in [4.78, 5) is 3.64. The molecular formula is C18H19F3N2O2S3. The summed E-state index contributed by atoms with van der Waals surface area (Å²) in [7, 11) is -5.33. The van der Waals surface area contributed by atoms with Crippen molar-refractivity contribution in [3.8, 4) is 11.1 Å². The number of benzene rings is 2. The van der Waals surface area contributed by atoms with Crippen LogP contribution >= 0.6 is 25.3 Å². The van der Waals surface area contributed by atoms with Crippen LogP contribution in [0.3, 0.4) is 0 Å². The van der Waals surface area contributed by atoms with Crippen LogP contribution in [0, 0.1) is 0 Å². The minimum absolute atomic E-state index is 0.0753. The summed E-state index contributed by atoms with van der Waals surface area (Å²) in [5.41, 5.74) is -2.82. The third-order valence-electron chi connectivity index (χ3n) is 4.68. The average molecular weight is 449 g/mol. The van der Waals surface area contributed by atoms with Crippen molar-refractivity contribution < 1.29 is 21.6 Å². The van der Waals surface area contributed by atoms with E-state index in [0.717, 1.165) is 49.6 Å². The Kier molecular flexibility index (Phi) is 6.23. The molecule has 28 heavy (non-hydrogen) atoms. The van der Waals surface area contributed by atoms with Gasteiger partial charge in [0.05, 0.1) is 9.60 Å². The molecule has 0 radical (unpaired) electrons. The van der Waals surface area contributed by atoms with E-state index in [2.05, 4.69) is 35.1 Å². The van der Waals surface area contributed by atoms with E-state index < -0.39 is 20.2 Å². The van der Waals surface area contributed by atoms with Gasteiger partial charge in [0.2, 0.25) is 0 Å². The number of sulfone groups is 1. The average Bonchev–Trinajstić information content (AvgIpc) is 2.67. The molecule has 2 aromatic rings. The molecule has 1 fully saturated rings. The summed E-state index contributed by atoms with van der Waals surface area (Å²) in [5, 5.41) is 0. The number of nitrogens with zero attached hydrogens (tertiary/aromatic N) is 2. The van der Waals surface area contributed by atoms with Crippen LogP contribution in [0.15, 0.2) is 53.4 Å². The Morgan fingerprint density at radius 3 is 1.71 bits per heavy atom. The van der Waals surface area contributed by atoms with Crippen molar-refractivity contribution in [1.29, 1.82) is 0 Å². The van der Waals surface area contributed by atoms with Crippen molar-refractivity contribution in [2.24, 2.45) is 0 Å². The van der Waals surface area contributed by atoms with Gasteiger partial charge in [0.1, 0.15) is 0 Å². The molecule has 1 heterocycles. The molecular weight excluding hydrogens is 429 g/mol. The summed E-state index contributed by atoms with van der Waals surface area (Å²) < 4.78 is 60.7. The van der Waals surface area contributed by atoms with Crippen molar-refractivity contribution >= 4 is 40.8 Å². The molecule has 0 amide bonds. The second-order valence-corrected chi connectivity index (χ2v) is 9.72. The molecule has 0 bridgehead atoms. The molecule has 0 aliphatic carbocycles. The Bertz CT molecular complexity index is 907. The topological polar surface area (TPSA) is 40.6 Å². The first-order valence-electron chi connectivity index (χ1n) is 8.46. The van der Waals surface area contributed by atoms with Crippen LogP contribution in [0.1, 0.15) is 0 Å². The SMILES string of the molecule is O=S(=O)(c1ccc(-c2ccc(N3CCN(C(S)S)CC3)cc2)cc1)C(F)(F)F. The Morgan fingerprint density at radius 1 is 0.821 bits per heavy atom. The maximum atomic E-state index is 12.6. The van der Waals surface area contributed by atoms with Crippen molar-refractivity contribution in [3.05, 3.63) is 48.5 Å². The summed E-state index contributed by atoms with van der Waals surface area (Å²) in [6.07, 6.45) is 0. The van der Waals surface area contributed by atoms with E-state index in [1.165, 1.54) is 12.1 Å². The van der Waals surface area contributed by atoms with Crippen molar-refractivity contribution in [3.63, 3.8) is 0 Å². The molecule has 1 aliphatic heterocycles. The number of hydrogen-bond acceptors (Lipinski definition) is 6. The molecule has 10 heteroatoms. The fourth-order valence-corrected chi connectivity index (χ4v) is 4.26. The monoisotopic (exact) mass is 448 g/mol. The van der Waals surface area contributed by atoms with E-state index >= 15 is 0 Å². The van der Waals surface area contributed by atoms with Gasteiger partial charge in [0.25, 0.3) is 9.84 Å². The second-order valence-electron chi connectivity index (χ2n) is 6.39. The lowest BCUT2D eigenvalue weighted by atomic mass is 10.1. The number of rotatable bonds is 4. The van der Waals surface area contributed by atoms with Crippen molar-refractivity contribution in [2.75, 3.05) is 31.1 Å². The minimum Gasteiger partial charge on any atom is -0.369 e. The molecule has 2 aromatic carbocycles. The van der Waals surface area contributed by atoms with E-state index in [1.54, 1.807) is 0 Å². The highest BCUT2D eigenvalue weighted by atomic mass is 32.2. The smallest absolute Gasteiger partial charge is 0.369 e. The maximum Gasteiger partial charge on any atom is 0.501 e. The molecule has 1 saturated heterocycles. The Balaban J connectivity index is 1.72. The molecule has 1 aliphatic rings. The van der Waals surface area contributed by atoms with Gasteiger partial charge < -0.3 is 4.90 Å². The molecule has 0 aromatic heterocycles. The van der Waals surface area contributed by atoms with E-state index in [4.69, 9.17) is 0 Å². The van der Waals surface area contributed by atoms with Crippen LogP contribution in [0.25, 0.3) is 11.1 Å². The lowest BCUT2D eigenvalue weighted by Crippen LogP contribution is -2.47. The predicted molar refractivity (Wildman–Crippen MR) is 111 cm³/mol. The first-order valence-corrected chi connectivity index (χ1v) is 11.0. The van der Waals surface area contributed by atoms with Gasteiger partial charge in [-0.25, -0.2) is 8.42 Å². The zero-order valence-electron chi connectivity index (χ0n) is 14.7. The molecule has 152 valence electrons. The molecule has 3 rings (SSSR count). The zero-order valence-corrected chi connectivity index (χ0v) is 17.3. The van der Waals surface area contributed by atoms with Gasteiger partial charge in [-0.3, -0.25) is 4.90 Å². The number of piperazine rings is 1. The fraction of sp³-hybridized carbons (Fsp3) is 0.333. The summed E-state index contributed by atoms with van der Waals surface area (Å²) in [6.45, 7) is 3.41. The Labute approximate surface area is 173 Å². The number of halogens is 3. The number of hydrogen-bond donors (Lipinski definition) is 2. The van der Waals surface area contributed by atoms with Gasteiger partial charge in [0, 0.05) is 31.9 Å². The summed E-state index contributed by atoms with van der Waals surface area (Å²) >= 11 is 8.65. The minimum atomic E-state index is -5.33. The van der Waals surface area contributed by atoms with E-state index in [9.17, 15) is 21.6 Å². The largest absolute Gasteiger partial charge is 0.501 e. The molecule has 0 unspecified atom stereocenters. The summed E-state index contributed by atoms with van der Waals surface area (Å²) in [6, 6.07) is 12.4. The predicted octanol–water partition coefficient (Wildman–Crippen LogP) is 3.91. The van der Waals surface area contributed by atoms with Crippen LogP contribution < -0.4 is 4.90 Å². The molecule has 0 saturated carbocycles. The Morgan fingerprint density at radius 2 is 1.29 bits per heavy atom. The number of alkyl halides is 3. The van der Waals surface area contributed by atoms with Gasteiger partial charge in [-0.15, -0.1) is 25.3 Å². The van der Waals surface area contributed by atoms with Gasteiger partial charge in [-0.2, -0.15) is 13.2 Å². The number of thiol groups is 2. The third kappa shape index (κ3) is 4.45. The highest BCUT2D eigenvalue weighted by Gasteiger charge is 2.46. The Hall–Kier alpha value is -1.36. The second kappa shape index (κ2) is 8.17. The normalized spacial score (nSPS) is 16.6. The molecule has 0 spiro atoms. The number of anilines is 1. The highest BCUT2D eigenvalue weighted by molar-refractivity contribution is 7.99. The molecule has 0 N–H and O–H groups in total. The third-order valence-corrected chi connectivity index (χ3v) is 6.83. The first-order chi connectivity index (χ1) is 13.1. The highest BCUT2D eigenvalue weighted by Crippen LogP contribution is 2.32. The summed E-state index contributed by atoms with van der Waals surface area (Å²) in [5.74, 6) is 0. The first kappa shape index (κ1) is 21.4. The van der Waals surface area contributed by atoms with Gasteiger partial charge in [-0.05, 0) is 35.4 Å². The van der Waals surface area contributed by atoms with Gasteiger partial charge in [0.15, 0.2) is 0 Å². The van der Waals surface area contributed by atoms with E-state index in [0.29, 0.717) is 5.56 Å². The maximum absolute atomic E-state index is 12.6. The van der Waals surface area contributed by atoms with E-state index in [-0.39, 0.29) is 4.71 Å². The lowest BCUT2D eigenvalue weighted by Gasteiger charge is -2.37. The zero-order chi connectivity index (χ0) is 20.5. The van der Waals surface area contributed by atoms with Crippen LogP contribution in [0.4, 0.5) is 18.9 Å². The molecule has 0 atom stereocenters. The quantitative estimate of drug-likeness (QED) is 0.550.